The maximum absolute atomic E-state index is 10.5. The van der Waals surface area contributed by atoms with E-state index in [0.29, 0.717) is 18.4 Å². The molecule has 3 unspecified atom stereocenters. The molecule has 3 rings (SSSR count). The number of hydrogen-bond donors (Lipinski definition) is 1. The Morgan fingerprint density at radius 2 is 2.11 bits per heavy atom. The summed E-state index contributed by atoms with van der Waals surface area (Å²) in [4.78, 5) is 4.82. The average Bonchev–Trinajstić information content (AvgIpc) is 2.90. The summed E-state index contributed by atoms with van der Waals surface area (Å²) in [6.07, 6.45) is 2.90. The van der Waals surface area contributed by atoms with Gasteiger partial charge in [0.2, 0.25) is 0 Å². The maximum atomic E-state index is 10.5. The number of aliphatic hydroxyl groups is 1. The molecule has 2 fully saturated rings. The Kier molecular flexibility index (Phi) is 2.58. The molecule has 1 aliphatic heterocycles. The van der Waals surface area contributed by atoms with E-state index >= 15 is 0 Å². The van der Waals surface area contributed by atoms with E-state index in [0.717, 1.165) is 18.7 Å². The largest absolute Gasteiger partial charge is 0.478 e. The summed E-state index contributed by atoms with van der Waals surface area (Å²) in [7, 11) is 0. The summed E-state index contributed by atoms with van der Waals surface area (Å²) >= 11 is 0. The van der Waals surface area contributed by atoms with Gasteiger partial charge in [-0.1, -0.05) is 27.7 Å². The SMILES string of the molecule is CC(C)[C@@H]1COC(C23CCC(CC2O)C3(C)C)=N1. The molecule has 2 bridgehead atoms. The fraction of sp³-hybridized carbons (Fsp3) is 0.933. The number of aliphatic imine (C=N–C) groups is 1. The molecule has 3 aliphatic rings. The molecule has 0 amide bonds. The van der Waals surface area contributed by atoms with Crippen molar-refractivity contribution in [1.29, 1.82) is 0 Å². The van der Waals surface area contributed by atoms with Gasteiger partial charge in [0, 0.05) is 0 Å². The molecule has 0 aromatic rings. The van der Waals surface area contributed by atoms with E-state index in [9.17, 15) is 5.11 Å². The lowest BCUT2D eigenvalue weighted by molar-refractivity contribution is 0.0354. The van der Waals surface area contributed by atoms with Gasteiger partial charge in [-0.25, -0.2) is 4.99 Å². The van der Waals surface area contributed by atoms with Gasteiger partial charge in [-0.05, 0) is 36.5 Å². The van der Waals surface area contributed by atoms with E-state index in [-0.39, 0.29) is 23.0 Å². The predicted molar refractivity (Wildman–Crippen MR) is 71.6 cm³/mol. The van der Waals surface area contributed by atoms with Crippen LogP contribution in [0.5, 0.6) is 0 Å². The van der Waals surface area contributed by atoms with Crippen LogP contribution in [-0.2, 0) is 4.74 Å². The fourth-order valence-electron chi connectivity index (χ4n) is 4.43. The highest BCUT2D eigenvalue weighted by Crippen LogP contribution is 2.66. The number of hydrogen-bond acceptors (Lipinski definition) is 3. The number of nitrogens with zero attached hydrogens (tertiary/aromatic N) is 1. The molecular formula is C15H25NO2. The summed E-state index contributed by atoms with van der Waals surface area (Å²) in [5.41, 5.74) is -0.0849. The molecule has 0 saturated heterocycles. The first-order valence-electron chi connectivity index (χ1n) is 7.28. The van der Waals surface area contributed by atoms with Crippen LogP contribution in [0.15, 0.2) is 4.99 Å². The topological polar surface area (TPSA) is 41.8 Å². The van der Waals surface area contributed by atoms with Gasteiger partial charge in [0.25, 0.3) is 0 Å². The van der Waals surface area contributed by atoms with Crippen molar-refractivity contribution in [1.82, 2.24) is 0 Å². The van der Waals surface area contributed by atoms with Gasteiger partial charge >= 0.3 is 0 Å². The van der Waals surface area contributed by atoms with Crippen LogP contribution in [0.1, 0.15) is 47.0 Å². The lowest BCUT2D eigenvalue weighted by atomic mass is 9.68. The Morgan fingerprint density at radius 3 is 2.56 bits per heavy atom. The minimum atomic E-state index is -0.268. The molecule has 0 aromatic heterocycles. The third-order valence-corrected chi connectivity index (χ3v) is 5.96. The molecule has 4 atom stereocenters. The highest BCUT2D eigenvalue weighted by molar-refractivity contribution is 5.86. The number of aliphatic hydroxyl groups excluding tert-OH is 1. The van der Waals surface area contributed by atoms with E-state index in [1.165, 1.54) is 6.42 Å². The molecule has 3 heteroatoms. The first-order chi connectivity index (χ1) is 8.39. The molecule has 102 valence electrons. The van der Waals surface area contributed by atoms with Crippen LogP contribution in [0.25, 0.3) is 0 Å². The minimum Gasteiger partial charge on any atom is -0.478 e. The zero-order chi connectivity index (χ0) is 13.1. The number of ether oxygens (including phenoxy) is 1. The van der Waals surface area contributed by atoms with Gasteiger partial charge in [-0.15, -0.1) is 0 Å². The van der Waals surface area contributed by atoms with Crippen LogP contribution in [0, 0.1) is 22.7 Å². The zero-order valence-corrected chi connectivity index (χ0v) is 11.9. The monoisotopic (exact) mass is 251 g/mol. The fourth-order valence-corrected chi connectivity index (χ4v) is 4.43. The van der Waals surface area contributed by atoms with Crippen molar-refractivity contribution in [2.45, 2.75) is 59.1 Å². The lowest BCUT2D eigenvalue weighted by Gasteiger charge is -2.39. The second-order valence-electron chi connectivity index (χ2n) is 7.24. The highest BCUT2D eigenvalue weighted by Gasteiger charge is 2.67. The van der Waals surface area contributed by atoms with Crippen LogP contribution in [0.4, 0.5) is 0 Å². The average molecular weight is 251 g/mol. The van der Waals surface area contributed by atoms with Crippen LogP contribution in [0.2, 0.25) is 0 Å². The predicted octanol–water partition coefficient (Wildman–Crippen LogP) is 2.63. The van der Waals surface area contributed by atoms with Gasteiger partial charge in [0.1, 0.15) is 6.61 Å². The normalized spacial score (nSPS) is 45.4. The van der Waals surface area contributed by atoms with Crippen LogP contribution in [-0.4, -0.2) is 29.8 Å². The van der Waals surface area contributed by atoms with E-state index in [1.54, 1.807) is 0 Å². The molecule has 3 nitrogen and oxygen atoms in total. The van der Waals surface area contributed by atoms with E-state index in [1.807, 2.05) is 0 Å². The molecule has 0 spiro atoms. The summed E-state index contributed by atoms with van der Waals surface area (Å²) in [6.45, 7) is 9.64. The standard InChI is InChI=1S/C15H25NO2/c1-9(2)11-8-18-13(16-11)15-6-5-10(7-12(15)17)14(15,3)4/h9-12,17H,5-8H2,1-4H3/t10?,11-,12?,15?/m0/s1. The van der Waals surface area contributed by atoms with Crippen molar-refractivity contribution in [3.8, 4) is 0 Å². The molecule has 1 N–H and O–H groups in total. The molecule has 1 heterocycles. The molecule has 0 radical (unpaired) electrons. The minimum absolute atomic E-state index is 0.122. The van der Waals surface area contributed by atoms with Crippen LogP contribution >= 0.6 is 0 Å². The lowest BCUT2D eigenvalue weighted by Crippen LogP contribution is -2.46. The third kappa shape index (κ3) is 1.31. The van der Waals surface area contributed by atoms with Crippen molar-refractivity contribution in [3.63, 3.8) is 0 Å². The van der Waals surface area contributed by atoms with Crippen LogP contribution < -0.4 is 0 Å². The van der Waals surface area contributed by atoms with E-state index < -0.39 is 0 Å². The van der Waals surface area contributed by atoms with E-state index in [2.05, 4.69) is 27.7 Å². The Bertz CT molecular complexity index is 388. The van der Waals surface area contributed by atoms with Crippen molar-refractivity contribution in [2.24, 2.45) is 27.7 Å². The maximum Gasteiger partial charge on any atom is 0.193 e. The Morgan fingerprint density at radius 1 is 1.39 bits per heavy atom. The third-order valence-electron chi connectivity index (χ3n) is 5.96. The highest BCUT2D eigenvalue weighted by atomic mass is 16.5. The summed E-state index contributed by atoms with van der Waals surface area (Å²) < 4.78 is 5.93. The molecule has 2 saturated carbocycles. The van der Waals surface area contributed by atoms with Crippen molar-refractivity contribution in [3.05, 3.63) is 0 Å². The van der Waals surface area contributed by atoms with Gasteiger partial charge in [0.15, 0.2) is 5.90 Å². The first kappa shape index (κ1) is 12.5. The van der Waals surface area contributed by atoms with Gasteiger partial charge in [-0.3, -0.25) is 0 Å². The Hall–Kier alpha value is -0.570. The van der Waals surface area contributed by atoms with Crippen molar-refractivity contribution < 1.29 is 9.84 Å². The zero-order valence-electron chi connectivity index (χ0n) is 11.9. The van der Waals surface area contributed by atoms with Crippen molar-refractivity contribution in [2.75, 3.05) is 6.61 Å². The van der Waals surface area contributed by atoms with Crippen LogP contribution in [0.3, 0.4) is 0 Å². The summed E-state index contributed by atoms with van der Waals surface area (Å²) in [5, 5.41) is 10.5. The second kappa shape index (κ2) is 3.72. The smallest absolute Gasteiger partial charge is 0.193 e. The summed E-state index contributed by atoms with van der Waals surface area (Å²) in [5.74, 6) is 1.99. The molecule has 0 aromatic carbocycles. The quantitative estimate of drug-likeness (QED) is 0.819. The van der Waals surface area contributed by atoms with Gasteiger partial charge < -0.3 is 9.84 Å². The number of fused-ring (bicyclic) bond motifs is 2. The molecule has 18 heavy (non-hydrogen) atoms. The molecule has 2 aliphatic carbocycles. The first-order valence-corrected chi connectivity index (χ1v) is 7.28. The number of rotatable bonds is 2. The Labute approximate surface area is 110 Å². The van der Waals surface area contributed by atoms with Gasteiger partial charge in [-0.2, -0.15) is 0 Å². The van der Waals surface area contributed by atoms with E-state index in [4.69, 9.17) is 9.73 Å². The Balaban J connectivity index is 1.98. The summed E-state index contributed by atoms with van der Waals surface area (Å²) in [6, 6.07) is 0.275. The van der Waals surface area contributed by atoms with Crippen molar-refractivity contribution >= 4 is 5.90 Å². The molecular weight excluding hydrogens is 226 g/mol. The second-order valence-corrected chi connectivity index (χ2v) is 7.24. The van der Waals surface area contributed by atoms with Gasteiger partial charge in [0.05, 0.1) is 17.6 Å².